The molecular formula is C10H11FN2O4S. The van der Waals surface area contributed by atoms with Crippen LogP contribution in [-0.2, 0) is 10.2 Å². The van der Waals surface area contributed by atoms with Crippen LogP contribution in [0.5, 0.6) is 0 Å². The van der Waals surface area contributed by atoms with Crippen LogP contribution in [-0.4, -0.2) is 36.9 Å². The Kier molecular flexibility index (Phi) is 3.22. The molecule has 1 saturated heterocycles. The van der Waals surface area contributed by atoms with E-state index in [1.807, 2.05) is 0 Å². The number of anilines is 1. The van der Waals surface area contributed by atoms with Crippen LogP contribution in [0.2, 0.25) is 0 Å². The van der Waals surface area contributed by atoms with Crippen LogP contribution in [0.3, 0.4) is 0 Å². The number of hydrogen-bond donors (Lipinski definition) is 2. The summed E-state index contributed by atoms with van der Waals surface area (Å²) >= 11 is 0. The second kappa shape index (κ2) is 4.54. The van der Waals surface area contributed by atoms with Gasteiger partial charge in [-0.1, -0.05) is 0 Å². The van der Waals surface area contributed by atoms with E-state index in [4.69, 9.17) is 5.11 Å². The van der Waals surface area contributed by atoms with Crippen molar-refractivity contribution >= 4 is 21.9 Å². The van der Waals surface area contributed by atoms with Gasteiger partial charge in [-0.15, -0.1) is 0 Å². The van der Waals surface area contributed by atoms with E-state index in [0.717, 1.165) is 18.6 Å². The minimum Gasteiger partial charge on any atom is -0.478 e. The molecule has 1 heterocycles. The Morgan fingerprint density at radius 1 is 1.39 bits per heavy atom. The molecular weight excluding hydrogens is 263 g/mol. The number of halogens is 1. The van der Waals surface area contributed by atoms with E-state index in [9.17, 15) is 17.6 Å². The largest absolute Gasteiger partial charge is 0.478 e. The molecule has 1 aliphatic heterocycles. The predicted molar refractivity (Wildman–Crippen MR) is 62.1 cm³/mol. The van der Waals surface area contributed by atoms with Crippen molar-refractivity contribution in [1.82, 2.24) is 4.31 Å². The number of hydrogen-bond acceptors (Lipinski definition) is 3. The molecule has 1 aliphatic rings. The summed E-state index contributed by atoms with van der Waals surface area (Å²) in [7, 11) is -3.66. The van der Waals surface area contributed by atoms with Crippen LogP contribution in [0.15, 0.2) is 18.2 Å². The van der Waals surface area contributed by atoms with Crippen molar-refractivity contribution in [3.63, 3.8) is 0 Å². The van der Waals surface area contributed by atoms with Gasteiger partial charge in [0, 0.05) is 13.1 Å². The smallest absolute Gasteiger partial charge is 0.338 e. The summed E-state index contributed by atoms with van der Waals surface area (Å²) in [5, 5.41) is 8.73. The molecule has 0 atom stereocenters. The monoisotopic (exact) mass is 274 g/mol. The highest BCUT2D eigenvalue weighted by Crippen LogP contribution is 2.19. The molecule has 0 aromatic heterocycles. The Bertz CT molecular complexity index is 584. The Balaban J connectivity index is 2.24. The van der Waals surface area contributed by atoms with Gasteiger partial charge < -0.3 is 5.11 Å². The maximum atomic E-state index is 13.1. The first-order valence-electron chi connectivity index (χ1n) is 5.21. The van der Waals surface area contributed by atoms with Gasteiger partial charge in [0.05, 0.1) is 11.3 Å². The van der Waals surface area contributed by atoms with Crippen molar-refractivity contribution in [2.24, 2.45) is 0 Å². The van der Waals surface area contributed by atoms with E-state index < -0.39 is 27.6 Å². The van der Waals surface area contributed by atoms with Crippen LogP contribution >= 0.6 is 0 Å². The molecule has 6 nitrogen and oxygen atoms in total. The average molecular weight is 274 g/mol. The van der Waals surface area contributed by atoms with Crippen LogP contribution in [0.1, 0.15) is 16.8 Å². The Morgan fingerprint density at radius 3 is 2.56 bits per heavy atom. The summed E-state index contributed by atoms with van der Waals surface area (Å²) in [6, 6.07) is 3.05. The number of carboxylic acids is 1. The lowest BCUT2D eigenvalue weighted by atomic mass is 10.2. The number of carboxylic acid groups (broad SMARTS) is 1. The number of nitrogens with one attached hydrogen (secondary N) is 1. The zero-order valence-electron chi connectivity index (χ0n) is 9.26. The molecule has 2 N–H and O–H groups in total. The Labute approximate surface area is 103 Å². The molecule has 2 rings (SSSR count). The van der Waals surface area contributed by atoms with Crippen molar-refractivity contribution in [3.8, 4) is 0 Å². The minimum absolute atomic E-state index is 0.0284. The third-order valence-electron chi connectivity index (χ3n) is 2.60. The van der Waals surface area contributed by atoms with E-state index in [1.54, 1.807) is 0 Å². The van der Waals surface area contributed by atoms with E-state index in [-0.39, 0.29) is 5.69 Å². The molecule has 1 aromatic rings. The van der Waals surface area contributed by atoms with E-state index in [0.29, 0.717) is 13.1 Å². The Morgan fingerprint density at radius 2 is 2.06 bits per heavy atom. The molecule has 0 radical (unpaired) electrons. The summed E-state index contributed by atoms with van der Waals surface area (Å²) in [6.45, 7) is 0.866. The summed E-state index contributed by atoms with van der Waals surface area (Å²) < 4.78 is 40.0. The zero-order chi connectivity index (χ0) is 13.3. The van der Waals surface area contributed by atoms with Gasteiger partial charge in [-0.3, -0.25) is 4.72 Å². The molecule has 98 valence electrons. The summed E-state index contributed by atoms with van der Waals surface area (Å²) in [5.41, 5.74) is -0.542. The summed E-state index contributed by atoms with van der Waals surface area (Å²) in [4.78, 5) is 10.7. The fraction of sp³-hybridized carbons (Fsp3) is 0.300. The second-order valence-electron chi connectivity index (χ2n) is 3.86. The third-order valence-corrected chi connectivity index (χ3v) is 4.14. The highest BCUT2D eigenvalue weighted by Gasteiger charge is 2.27. The minimum atomic E-state index is -3.66. The Hall–Kier alpha value is -1.67. The van der Waals surface area contributed by atoms with Gasteiger partial charge in [-0.05, 0) is 24.6 Å². The lowest BCUT2D eigenvalue weighted by Gasteiger charge is -2.29. The molecule has 0 amide bonds. The van der Waals surface area contributed by atoms with Gasteiger partial charge in [0.1, 0.15) is 5.82 Å². The third kappa shape index (κ3) is 2.44. The molecule has 1 aromatic carbocycles. The van der Waals surface area contributed by atoms with Crippen molar-refractivity contribution in [2.75, 3.05) is 17.8 Å². The predicted octanol–water partition coefficient (Wildman–Crippen LogP) is 0.886. The molecule has 1 fully saturated rings. The standard InChI is InChI=1S/C10H11FN2O4S/c11-9-3-2-7(6-8(9)10(14)15)12-18(16,17)13-4-1-5-13/h2-3,6,12H,1,4-5H2,(H,14,15). The highest BCUT2D eigenvalue weighted by atomic mass is 32.2. The summed E-state index contributed by atoms with van der Waals surface area (Å²) in [5.74, 6) is -2.35. The SMILES string of the molecule is O=C(O)c1cc(NS(=O)(=O)N2CCC2)ccc1F. The van der Waals surface area contributed by atoms with Gasteiger partial charge in [-0.2, -0.15) is 12.7 Å². The van der Waals surface area contributed by atoms with Crippen molar-refractivity contribution in [2.45, 2.75) is 6.42 Å². The molecule has 0 unspecified atom stereocenters. The number of rotatable bonds is 4. The van der Waals surface area contributed by atoms with Crippen LogP contribution in [0.25, 0.3) is 0 Å². The first-order valence-corrected chi connectivity index (χ1v) is 6.65. The summed E-state index contributed by atoms with van der Waals surface area (Å²) in [6.07, 6.45) is 0.796. The van der Waals surface area contributed by atoms with Crippen molar-refractivity contribution < 1.29 is 22.7 Å². The second-order valence-corrected chi connectivity index (χ2v) is 5.53. The number of nitrogens with zero attached hydrogens (tertiary/aromatic N) is 1. The topological polar surface area (TPSA) is 86.7 Å². The van der Waals surface area contributed by atoms with Crippen LogP contribution in [0.4, 0.5) is 10.1 Å². The average Bonchev–Trinajstić information content (AvgIpc) is 2.16. The van der Waals surface area contributed by atoms with E-state index in [2.05, 4.69) is 4.72 Å². The van der Waals surface area contributed by atoms with Gasteiger partial charge in [0.2, 0.25) is 0 Å². The van der Waals surface area contributed by atoms with Crippen LogP contribution < -0.4 is 4.72 Å². The van der Waals surface area contributed by atoms with E-state index in [1.165, 1.54) is 10.4 Å². The quantitative estimate of drug-likeness (QED) is 0.853. The molecule has 0 bridgehead atoms. The molecule has 0 saturated carbocycles. The van der Waals surface area contributed by atoms with Gasteiger partial charge in [0.25, 0.3) is 0 Å². The van der Waals surface area contributed by atoms with Gasteiger partial charge in [-0.25, -0.2) is 9.18 Å². The molecule has 0 spiro atoms. The maximum Gasteiger partial charge on any atom is 0.338 e. The number of benzene rings is 1. The lowest BCUT2D eigenvalue weighted by molar-refractivity contribution is 0.0692. The van der Waals surface area contributed by atoms with Crippen molar-refractivity contribution in [1.29, 1.82) is 0 Å². The fourth-order valence-corrected chi connectivity index (χ4v) is 2.79. The first kappa shape index (κ1) is 12.8. The van der Waals surface area contributed by atoms with Gasteiger partial charge in [0.15, 0.2) is 0 Å². The first-order chi connectivity index (χ1) is 8.40. The highest BCUT2D eigenvalue weighted by molar-refractivity contribution is 7.90. The normalized spacial score (nSPS) is 16.1. The lowest BCUT2D eigenvalue weighted by Crippen LogP contribution is -2.45. The fourth-order valence-electron chi connectivity index (χ4n) is 1.49. The number of aromatic carboxylic acids is 1. The van der Waals surface area contributed by atoms with E-state index >= 15 is 0 Å². The molecule has 0 aliphatic carbocycles. The number of carbonyl (C=O) groups is 1. The van der Waals surface area contributed by atoms with Gasteiger partial charge >= 0.3 is 16.2 Å². The molecule has 18 heavy (non-hydrogen) atoms. The van der Waals surface area contributed by atoms with Crippen molar-refractivity contribution in [3.05, 3.63) is 29.6 Å². The molecule has 8 heteroatoms. The maximum absolute atomic E-state index is 13.1. The van der Waals surface area contributed by atoms with Crippen LogP contribution in [0, 0.1) is 5.82 Å². The zero-order valence-corrected chi connectivity index (χ0v) is 10.1.